The van der Waals surface area contributed by atoms with E-state index in [0.29, 0.717) is 24.2 Å². The molecule has 8 heteroatoms. The standard InChI is InChI=1S/2C12H12BrNO2/c2*1-2-3-6-14-10-7-8(13)4-5-9(10)11(15)12(14)16/h2*4-5,7H,2-3,6H2,1H3. The summed E-state index contributed by atoms with van der Waals surface area (Å²) in [7, 11) is 0. The topological polar surface area (TPSA) is 74.8 Å². The summed E-state index contributed by atoms with van der Waals surface area (Å²) in [6, 6.07) is 10.6. The first-order valence-corrected chi connectivity index (χ1v) is 12.2. The fourth-order valence-corrected chi connectivity index (χ4v) is 4.31. The highest BCUT2D eigenvalue weighted by atomic mass is 79.9. The lowest BCUT2D eigenvalue weighted by molar-refractivity contribution is -0.114. The average Bonchev–Trinajstić information content (AvgIpc) is 3.15. The van der Waals surface area contributed by atoms with Gasteiger partial charge in [0.25, 0.3) is 23.4 Å². The number of fused-ring (bicyclic) bond motifs is 2. The van der Waals surface area contributed by atoms with E-state index in [2.05, 4.69) is 45.7 Å². The minimum Gasteiger partial charge on any atom is -0.305 e. The summed E-state index contributed by atoms with van der Waals surface area (Å²) in [5, 5.41) is 0. The fourth-order valence-electron chi connectivity index (χ4n) is 3.61. The van der Waals surface area contributed by atoms with E-state index in [9.17, 15) is 19.2 Å². The second-order valence-corrected chi connectivity index (χ2v) is 9.43. The molecule has 2 aliphatic heterocycles. The molecule has 0 aliphatic carbocycles. The SMILES string of the molecule is CCCCN1C(=O)C(=O)c2ccc(Br)cc21.CCCCN1C(=O)C(=O)c2ccc(Br)cc21. The van der Waals surface area contributed by atoms with Gasteiger partial charge in [0.1, 0.15) is 0 Å². The molecule has 0 saturated carbocycles. The fraction of sp³-hybridized carbons (Fsp3) is 0.333. The van der Waals surface area contributed by atoms with Crippen molar-refractivity contribution < 1.29 is 19.2 Å². The Morgan fingerprint density at radius 1 is 0.656 bits per heavy atom. The van der Waals surface area contributed by atoms with Crippen molar-refractivity contribution in [3.63, 3.8) is 0 Å². The molecule has 32 heavy (non-hydrogen) atoms. The molecule has 0 saturated heterocycles. The van der Waals surface area contributed by atoms with Crippen LogP contribution in [0.15, 0.2) is 45.3 Å². The summed E-state index contributed by atoms with van der Waals surface area (Å²) in [5.41, 5.74) is 2.50. The first-order valence-electron chi connectivity index (χ1n) is 10.6. The Morgan fingerprint density at radius 3 is 1.38 bits per heavy atom. The maximum absolute atomic E-state index is 11.7. The summed E-state index contributed by atoms with van der Waals surface area (Å²) < 4.78 is 1.77. The van der Waals surface area contributed by atoms with Crippen molar-refractivity contribution in [3.8, 4) is 0 Å². The van der Waals surface area contributed by atoms with Gasteiger partial charge in [-0.25, -0.2) is 0 Å². The quantitative estimate of drug-likeness (QED) is 0.431. The monoisotopic (exact) mass is 562 g/mol. The molecule has 0 atom stereocenters. The molecule has 2 amide bonds. The van der Waals surface area contributed by atoms with Crippen molar-refractivity contribution in [1.29, 1.82) is 0 Å². The number of hydrogen-bond acceptors (Lipinski definition) is 4. The zero-order valence-electron chi connectivity index (χ0n) is 18.0. The van der Waals surface area contributed by atoms with Gasteiger partial charge in [0.05, 0.1) is 22.5 Å². The predicted octanol–water partition coefficient (Wildman–Crippen LogP) is 5.56. The van der Waals surface area contributed by atoms with E-state index < -0.39 is 23.4 Å². The van der Waals surface area contributed by atoms with Crippen molar-refractivity contribution >= 4 is 66.6 Å². The lowest BCUT2D eigenvalue weighted by atomic mass is 10.1. The van der Waals surface area contributed by atoms with E-state index in [-0.39, 0.29) is 0 Å². The zero-order valence-corrected chi connectivity index (χ0v) is 21.2. The van der Waals surface area contributed by atoms with Gasteiger partial charge in [0, 0.05) is 22.0 Å². The van der Waals surface area contributed by atoms with Crippen molar-refractivity contribution in [3.05, 3.63) is 56.5 Å². The number of rotatable bonds is 6. The molecule has 2 heterocycles. The van der Waals surface area contributed by atoms with E-state index in [1.807, 2.05) is 12.1 Å². The molecule has 0 bridgehead atoms. The van der Waals surface area contributed by atoms with E-state index in [4.69, 9.17) is 0 Å². The molecule has 0 spiro atoms. The highest BCUT2D eigenvalue weighted by Crippen LogP contribution is 2.32. The number of amides is 2. The number of benzene rings is 2. The number of hydrogen-bond donors (Lipinski definition) is 0. The molecule has 4 rings (SSSR count). The van der Waals surface area contributed by atoms with Crippen LogP contribution in [0.1, 0.15) is 60.2 Å². The summed E-state index contributed by atoms with van der Waals surface area (Å²) >= 11 is 6.70. The number of halogens is 2. The number of Topliss-reactive ketones (excluding diaryl/α,β-unsaturated/α-hetero) is 2. The molecule has 0 N–H and O–H groups in total. The highest BCUT2D eigenvalue weighted by molar-refractivity contribution is 9.10. The van der Waals surface area contributed by atoms with Crippen LogP contribution in [0.25, 0.3) is 0 Å². The highest BCUT2D eigenvalue weighted by Gasteiger charge is 2.36. The van der Waals surface area contributed by atoms with Crippen molar-refractivity contribution in [2.24, 2.45) is 0 Å². The Bertz CT molecular complexity index is 998. The molecule has 2 aromatic carbocycles. The minimum atomic E-state index is -0.401. The predicted molar refractivity (Wildman–Crippen MR) is 131 cm³/mol. The van der Waals surface area contributed by atoms with Crippen molar-refractivity contribution in [2.45, 2.75) is 39.5 Å². The zero-order chi connectivity index (χ0) is 23.4. The molecule has 2 aromatic rings. The van der Waals surface area contributed by atoms with Crippen LogP contribution in [0.2, 0.25) is 0 Å². The normalized spacial score (nSPS) is 14.5. The van der Waals surface area contributed by atoms with Gasteiger partial charge in [-0.1, -0.05) is 58.5 Å². The number of carbonyl (C=O) groups excluding carboxylic acids is 4. The number of ketones is 2. The Hall–Kier alpha value is -2.32. The molecule has 0 unspecified atom stereocenters. The number of nitrogens with zero attached hydrogens (tertiary/aromatic N) is 2. The van der Waals surface area contributed by atoms with E-state index in [1.165, 1.54) is 0 Å². The van der Waals surface area contributed by atoms with Gasteiger partial charge in [0.2, 0.25) is 0 Å². The third-order valence-corrected chi connectivity index (χ3v) is 6.33. The van der Waals surface area contributed by atoms with E-state index in [0.717, 1.165) is 46.0 Å². The molecule has 6 nitrogen and oxygen atoms in total. The second-order valence-electron chi connectivity index (χ2n) is 7.60. The van der Waals surface area contributed by atoms with Crippen LogP contribution < -0.4 is 9.80 Å². The van der Waals surface area contributed by atoms with Gasteiger partial charge >= 0.3 is 0 Å². The lowest BCUT2D eigenvalue weighted by Crippen LogP contribution is -2.30. The lowest BCUT2D eigenvalue weighted by Gasteiger charge is -2.15. The molecule has 0 aromatic heterocycles. The molecular formula is C24H24Br2N2O4. The second kappa shape index (κ2) is 10.5. The van der Waals surface area contributed by atoms with Gasteiger partial charge in [-0.3, -0.25) is 19.2 Å². The van der Waals surface area contributed by atoms with Gasteiger partial charge in [-0.2, -0.15) is 0 Å². The molecular weight excluding hydrogens is 540 g/mol. The Kier molecular flexibility index (Phi) is 8.00. The van der Waals surface area contributed by atoms with Crippen molar-refractivity contribution in [2.75, 3.05) is 22.9 Å². The Labute approximate surface area is 204 Å². The van der Waals surface area contributed by atoms with E-state index >= 15 is 0 Å². The van der Waals surface area contributed by atoms with Crippen LogP contribution in [-0.4, -0.2) is 36.5 Å². The largest absolute Gasteiger partial charge is 0.305 e. The third kappa shape index (κ3) is 4.86. The molecule has 168 valence electrons. The van der Waals surface area contributed by atoms with E-state index in [1.54, 1.807) is 34.1 Å². The summed E-state index contributed by atoms with van der Waals surface area (Å²) in [5.74, 6) is -1.58. The average molecular weight is 564 g/mol. The third-order valence-electron chi connectivity index (χ3n) is 5.34. The first-order chi connectivity index (χ1) is 15.3. The Balaban J connectivity index is 0.000000181. The van der Waals surface area contributed by atoms with Crippen molar-refractivity contribution in [1.82, 2.24) is 0 Å². The van der Waals surface area contributed by atoms with Gasteiger partial charge in [-0.15, -0.1) is 0 Å². The van der Waals surface area contributed by atoms with Crippen LogP contribution in [0, 0.1) is 0 Å². The smallest absolute Gasteiger partial charge is 0.299 e. The number of anilines is 2. The maximum atomic E-state index is 11.7. The van der Waals surface area contributed by atoms with Gasteiger partial charge < -0.3 is 9.80 Å². The van der Waals surface area contributed by atoms with Crippen LogP contribution in [0.5, 0.6) is 0 Å². The maximum Gasteiger partial charge on any atom is 0.299 e. The molecule has 0 fully saturated rings. The summed E-state index contributed by atoms with van der Waals surface area (Å²) in [6.45, 7) is 5.35. The number of carbonyl (C=O) groups is 4. The summed E-state index contributed by atoms with van der Waals surface area (Å²) in [4.78, 5) is 50.0. The molecule has 0 radical (unpaired) electrons. The van der Waals surface area contributed by atoms with Gasteiger partial charge in [-0.05, 0) is 49.2 Å². The first kappa shape index (κ1) is 24.3. The van der Waals surface area contributed by atoms with Gasteiger partial charge in [0.15, 0.2) is 0 Å². The van der Waals surface area contributed by atoms with Crippen LogP contribution >= 0.6 is 31.9 Å². The van der Waals surface area contributed by atoms with Crippen LogP contribution in [0.3, 0.4) is 0 Å². The Morgan fingerprint density at radius 2 is 1.03 bits per heavy atom. The molecule has 2 aliphatic rings. The van der Waals surface area contributed by atoms with Crippen LogP contribution in [-0.2, 0) is 9.59 Å². The summed E-state index contributed by atoms with van der Waals surface area (Å²) in [6.07, 6.45) is 3.82. The van der Waals surface area contributed by atoms with Crippen LogP contribution in [0.4, 0.5) is 11.4 Å². The minimum absolute atomic E-state index is 0.390. The number of unbranched alkanes of at least 4 members (excludes halogenated alkanes) is 2.